The molecule has 1 amide bonds. The van der Waals surface area contributed by atoms with Crippen molar-refractivity contribution in [1.29, 1.82) is 0 Å². The molecule has 0 atom stereocenters. The van der Waals surface area contributed by atoms with E-state index >= 15 is 0 Å². The maximum absolute atomic E-state index is 13.5. The molecule has 0 aromatic heterocycles. The van der Waals surface area contributed by atoms with Gasteiger partial charge in [-0.1, -0.05) is 48.5 Å². The second-order valence-electron chi connectivity index (χ2n) is 7.55. The monoisotopic (exact) mass is 389 g/mol. The fourth-order valence-electron chi connectivity index (χ4n) is 4.41. The van der Waals surface area contributed by atoms with Gasteiger partial charge in [0.25, 0.3) is 0 Å². The zero-order chi connectivity index (χ0) is 20.0. The number of halogens is 1. The maximum Gasteiger partial charge on any atom is 0.410 e. The van der Waals surface area contributed by atoms with E-state index in [-0.39, 0.29) is 18.6 Å². The summed E-state index contributed by atoms with van der Waals surface area (Å²) in [4.78, 5) is 14.3. The van der Waals surface area contributed by atoms with Gasteiger partial charge in [-0.05, 0) is 51.9 Å². The van der Waals surface area contributed by atoms with Crippen molar-refractivity contribution in [3.05, 3.63) is 88.7 Å². The van der Waals surface area contributed by atoms with Crippen molar-refractivity contribution in [3.8, 4) is 16.9 Å². The first kappa shape index (κ1) is 17.7. The van der Waals surface area contributed by atoms with Crippen LogP contribution < -0.4 is 0 Å². The molecule has 0 unspecified atom stereocenters. The zero-order valence-electron chi connectivity index (χ0n) is 15.8. The molecule has 1 aliphatic carbocycles. The first-order chi connectivity index (χ1) is 14.1. The van der Waals surface area contributed by atoms with Crippen LogP contribution in [-0.2, 0) is 17.7 Å². The largest absolute Gasteiger partial charge is 0.505 e. The van der Waals surface area contributed by atoms with E-state index in [4.69, 9.17) is 4.74 Å². The van der Waals surface area contributed by atoms with Crippen LogP contribution in [0.3, 0.4) is 0 Å². The molecule has 29 heavy (non-hydrogen) atoms. The number of nitrogens with zero attached hydrogens (tertiary/aromatic N) is 1. The predicted molar refractivity (Wildman–Crippen MR) is 107 cm³/mol. The van der Waals surface area contributed by atoms with Crippen molar-refractivity contribution in [2.75, 3.05) is 13.2 Å². The van der Waals surface area contributed by atoms with Gasteiger partial charge in [0.05, 0.1) is 0 Å². The minimum Gasteiger partial charge on any atom is -0.505 e. The maximum atomic E-state index is 13.5. The Morgan fingerprint density at radius 3 is 2.38 bits per heavy atom. The van der Waals surface area contributed by atoms with E-state index in [0.717, 1.165) is 11.1 Å². The van der Waals surface area contributed by atoms with Gasteiger partial charge in [-0.3, -0.25) is 0 Å². The van der Waals surface area contributed by atoms with Gasteiger partial charge in [0.2, 0.25) is 0 Å². The van der Waals surface area contributed by atoms with Gasteiger partial charge in [-0.15, -0.1) is 0 Å². The number of ether oxygens (including phenoxy) is 1. The van der Waals surface area contributed by atoms with Gasteiger partial charge in [-0.2, -0.15) is 0 Å². The molecule has 0 spiro atoms. The summed E-state index contributed by atoms with van der Waals surface area (Å²) in [5.41, 5.74) is 6.30. The van der Waals surface area contributed by atoms with E-state index in [1.807, 2.05) is 24.3 Å². The van der Waals surface area contributed by atoms with Gasteiger partial charge < -0.3 is 14.7 Å². The van der Waals surface area contributed by atoms with Gasteiger partial charge in [0.1, 0.15) is 6.61 Å². The Labute approximate surface area is 168 Å². The number of benzene rings is 3. The summed E-state index contributed by atoms with van der Waals surface area (Å²) in [6.07, 6.45) is 0.151. The molecule has 4 nitrogen and oxygen atoms in total. The molecular formula is C24H20FNO3. The number of rotatable bonds is 2. The highest BCUT2D eigenvalue weighted by Crippen LogP contribution is 2.44. The van der Waals surface area contributed by atoms with Crippen LogP contribution >= 0.6 is 0 Å². The Morgan fingerprint density at radius 2 is 1.69 bits per heavy atom. The van der Waals surface area contributed by atoms with Gasteiger partial charge in [0.15, 0.2) is 11.6 Å². The summed E-state index contributed by atoms with van der Waals surface area (Å²) in [5, 5.41) is 9.62. The van der Waals surface area contributed by atoms with E-state index in [2.05, 4.69) is 24.3 Å². The molecule has 5 rings (SSSR count). The molecule has 0 saturated carbocycles. The summed E-state index contributed by atoms with van der Waals surface area (Å²) < 4.78 is 19.2. The molecule has 5 heteroatoms. The Hall–Kier alpha value is -3.34. The summed E-state index contributed by atoms with van der Waals surface area (Å²) in [7, 11) is 0. The lowest BCUT2D eigenvalue weighted by atomic mass is 9.98. The van der Waals surface area contributed by atoms with Crippen LogP contribution in [0.4, 0.5) is 9.18 Å². The van der Waals surface area contributed by atoms with Gasteiger partial charge in [-0.25, -0.2) is 9.18 Å². The molecule has 1 heterocycles. The number of amides is 1. The number of fused-ring (bicyclic) bond motifs is 4. The molecular weight excluding hydrogens is 369 g/mol. The van der Waals surface area contributed by atoms with E-state index in [1.54, 1.807) is 4.90 Å². The highest BCUT2D eigenvalue weighted by Gasteiger charge is 2.30. The Bertz CT molecular complexity index is 1070. The smallest absolute Gasteiger partial charge is 0.410 e. The molecule has 2 aliphatic rings. The second-order valence-corrected chi connectivity index (χ2v) is 7.55. The van der Waals surface area contributed by atoms with Crippen LogP contribution in [0.2, 0.25) is 0 Å². The lowest BCUT2D eigenvalue weighted by Gasteiger charge is -2.29. The minimum atomic E-state index is -0.627. The summed E-state index contributed by atoms with van der Waals surface area (Å²) in [6.45, 7) is 1.04. The van der Waals surface area contributed by atoms with Crippen molar-refractivity contribution in [3.63, 3.8) is 0 Å². The van der Waals surface area contributed by atoms with E-state index in [9.17, 15) is 14.3 Å². The van der Waals surface area contributed by atoms with Crippen LogP contribution in [0.5, 0.6) is 5.75 Å². The summed E-state index contributed by atoms with van der Waals surface area (Å²) >= 11 is 0. The SMILES string of the molecule is O=C(OCC1c2ccccc2-c2ccccc21)N1CCc2cc(F)c(O)cc2C1. The molecule has 0 radical (unpaired) electrons. The molecule has 3 aromatic rings. The van der Waals surface area contributed by atoms with Crippen LogP contribution in [0.15, 0.2) is 60.7 Å². The highest BCUT2D eigenvalue weighted by atomic mass is 19.1. The van der Waals surface area contributed by atoms with Crippen LogP contribution in [0.25, 0.3) is 11.1 Å². The highest BCUT2D eigenvalue weighted by molar-refractivity contribution is 5.79. The quantitative estimate of drug-likeness (QED) is 0.682. The van der Waals surface area contributed by atoms with E-state index in [1.165, 1.54) is 34.4 Å². The molecule has 1 aliphatic heterocycles. The fourth-order valence-corrected chi connectivity index (χ4v) is 4.41. The number of phenols is 1. The molecule has 0 saturated heterocycles. The lowest BCUT2D eigenvalue weighted by molar-refractivity contribution is 0.0953. The second kappa shape index (κ2) is 6.92. The number of hydrogen-bond acceptors (Lipinski definition) is 3. The van der Waals surface area contributed by atoms with Gasteiger partial charge in [0, 0.05) is 19.0 Å². The van der Waals surface area contributed by atoms with Crippen molar-refractivity contribution in [1.82, 2.24) is 4.90 Å². The Morgan fingerprint density at radius 1 is 1.03 bits per heavy atom. The summed E-state index contributed by atoms with van der Waals surface area (Å²) in [5.74, 6) is -1.00. The topological polar surface area (TPSA) is 49.8 Å². The van der Waals surface area contributed by atoms with Crippen LogP contribution in [-0.4, -0.2) is 29.3 Å². The molecule has 1 N–H and O–H groups in total. The molecule has 3 aromatic carbocycles. The average Bonchev–Trinajstić information content (AvgIpc) is 3.06. The Balaban J connectivity index is 1.32. The van der Waals surface area contributed by atoms with E-state index < -0.39 is 11.6 Å². The number of carbonyl (C=O) groups excluding carboxylic acids is 1. The molecule has 146 valence electrons. The normalized spacial score (nSPS) is 14.9. The number of aromatic hydroxyl groups is 1. The van der Waals surface area contributed by atoms with Crippen LogP contribution in [0.1, 0.15) is 28.2 Å². The van der Waals surface area contributed by atoms with E-state index in [0.29, 0.717) is 19.5 Å². The third kappa shape index (κ3) is 3.03. The van der Waals surface area contributed by atoms with Crippen LogP contribution in [0, 0.1) is 5.82 Å². The predicted octanol–water partition coefficient (Wildman–Crippen LogP) is 4.84. The van der Waals surface area contributed by atoms with Crippen molar-refractivity contribution in [2.45, 2.75) is 18.9 Å². The number of carbonyl (C=O) groups is 1. The number of phenolic OH excluding ortho intramolecular Hbond substituents is 1. The first-order valence-electron chi connectivity index (χ1n) is 9.72. The molecule has 0 bridgehead atoms. The Kier molecular flexibility index (Phi) is 4.23. The third-order valence-corrected chi connectivity index (χ3v) is 5.88. The van der Waals surface area contributed by atoms with Crippen molar-refractivity contribution >= 4 is 6.09 Å². The third-order valence-electron chi connectivity index (χ3n) is 5.88. The van der Waals surface area contributed by atoms with Crippen molar-refractivity contribution < 1.29 is 19.0 Å². The zero-order valence-corrected chi connectivity index (χ0v) is 15.8. The lowest BCUT2D eigenvalue weighted by Crippen LogP contribution is -2.37. The van der Waals surface area contributed by atoms with Gasteiger partial charge >= 0.3 is 6.09 Å². The standard InChI is InChI=1S/C24H20FNO3/c25-22-11-15-9-10-26(13-16(15)12-23(22)27)24(28)29-14-21-19-7-3-1-5-17(19)18-6-2-4-8-20(18)21/h1-8,11-12,21,27H,9-10,13-14H2. The average molecular weight is 389 g/mol. The fraction of sp³-hybridized carbons (Fsp3) is 0.208. The number of hydrogen-bond donors (Lipinski definition) is 1. The first-order valence-corrected chi connectivity index (χ1v) is 9.72. The van der Waals surface area contributed by atoms with Crippen molar-refractivity contribution in [2.24, 2.45) is 0 Å². The summed E-state index contributed by atoms with van der Waals surface area (Å²) in [6, 6.07) is 19.2. The minimum absolute atomic E-state index is 0.0153. The molecule has 0 fully saturated rings.